The Kier molecular flexibility index (Phi) is 6.00. The topological polar surface area (TPSA) is 88.5 Å². The third-order valence-electron chi connectivity index (χ3n) is 1.98. The first-order valence-electron chi connectivity index (χ1n) is 4.78. The summed E-state index contributed by atoms with van der Waals surface area (Å²) < 4.78 is 52.4. The number of rotatable bonds is 6. The van der Waals surface area contributed by atoms with E-state index >= 15 is 0 Å². The van der Waals surface area contributed by atoms with Crippen LogP contribution >= 0.6 is 0 Å². The van der Waals surface area contributed by atoms with Crippen LogP contribution in [0.25, 0.3) is 0 Å². The highest BCUT2D eigenvalue weighted by Crippen LogP contribution is 2.08. The maximum atomic E-state index is 11.2. The van der Waals surface area contributed by atoms with Crippen LogP contribution in [0, 0.1) is 17.8 Å². The fraction of sp³-hybridized carbons (Fsp3) is 0.778. The smallest absolute Gasteiger partial charge is 0.266 e. The van der Waals surface area contributed by atoms with Gasteiger partial charge in [-0.1, -0.05) is 12.8 Å². The van der Waals surface area contributed by atoms with Crippen molar-refractivity contribution < 1.29 is 21.4 Å². The Hall–Kier alpha value is -0.580. The molecule has 0 saturated carbocycles. The summed E-state index contributed by atoms with van der Waals surface area (Å²) in [5, 5.41) is 0. The van der Waals surface area contributed by atoms with Gasteiger partial charge in [-0.2, -0.15) is 8.42 Å². The molecule has 7 heteroatoms. The lowest BCUT2D eigenvalue weighted by Crippen LogP contribution is -2.18. The fourth-order valence-electron chi connectivity index (χ4n) is 1.12. The van der Waals surface area contributed by atoms with Gasteiger partial charge in [0, 0.05) is 11.7 Å². The molecule has 0 spiro atoms. The third kappa shape index (κ3) is 7.68. The minimum absolute atomic E-state index is 0.0190. The second-order valence-electron chi connectivity index (χ2n) is 3.36. The van der Waals surface area contributed by atoms with E-state index in [0.29, 0.717) is 0 Å². The van der Waals surface area contributed by atoms with E-state index in [0.717, 1.165) is 0 Å². The average molecular weight is 268 g/mol. The van der Waals surface area contributed by atoms with E-state index in [4.69, 9.17) is 4.55 Å². The molecule has 0 aromatic heterocycles. The average Bonchev–Trinajstić information content (AvgIpc) is 2.13. The molecule has 0 aliphatic rings. The molecule has 0 bridgehead atoms. The molecule has 0 aromatic rings. The molecule has 0 aliphatic carbocycles. The fourth-order valence-corrected chi connectivity index (χ4v) is 2.81. The van der Waals surface area contributed by atoms with Crippen LogP contribution in [0.2, 0.25) is 0 Å². The summed E-state index contributed by atoms with van der Waals surface area (Å²) in [4.78, 5) is 0. The van der Waals surface area contributed by atoms with Crippen molar-refractivity contribution in [2.75, 3.05) is 17.3 Å². The van der Waals surface area contributed by atoms with Crippen molar-refractivity contribution in [3.8, 4) is 11.8 Å². The van der Waals surface area contributed by atoms with Gasteiger partial charge in [0.25, 0.3) is 10.1 Å². The van der Waals surface area contributed by atoms with Crippen molar-refractivity contribution in [3.05, 3.63) is 0 Å². The lowest BCUT2D eigenvalue weighted by molar-refractivity contribution is 0.474. The predicted octanol–water partition coefficient (Wildman–Crippen LogP) is 0.339. The Balaban J connectivity index is 4.53. The van der Waals surface area contributed by atoms with Gasteiger partial charge in [0.2, 0.25) is 0 Å². The molecule has 0 heterocycles. The lowest BCUT2D eigenvalue weighted by Gasteiger charge is -2.08. The summed E-state index contributed by atoms with van der Waals surface area (Å²) in [7, 11) is -7.25. The zero-order valence-corrected chi connectivity index (χ0v) is 10.9. The molecule has 5 nitrogen and oxygen atoms in total. The molecule has 0 rings (SSSR count). The molecule has 0 aromatic carbocycles. The van der Waals surface area contributed by atoms with Crippen LogP contribution in [-0.4, -0.2) is 38.6 Å². The van der Waals surface area contributed by atoms with Gasteiger partial charge in [-0.15, -0.1) is 5.92 Å². The summed E-state index contributed by atoms with van der Waals surface area (Å²) in [6.07, 6.45) is 0.122. The SMILES string of the molecule is CC#CC(CCS(=O)(=O)CC)CS(=O)(=O)O. The molecule has 0 radical (unpaired) electrons. The van der Waals surface area contributed by atoms with Crippen molar-refractivity contribution in [2.24, 2.45) is 5.92 Å². The van der Waals surface area contributed by atoms with E-state index in [1.54, 1.807) is 0 Å². The first-order chi connectivity index (χ1) is 7.20. The number of sulfone groups is 1. The molecule has 1 unspecified atom stereocenters. The summed E-state index contributed by atoms with van der Waals surface area (Å²) in [5.74, 6) is 3.85. The highest BCUT2D eigenvalue weighted by Gasteiger charge is 2.17. The minimum Gasteiger partial charge on any atom is -0.286 e. The van der Waals surface area contributed by atoms with Crippen molar-refractivity contribution in [3.63, 3.8) is 0 Å². The lowest BCUT2D eigenvalue weighted by atomic mass is 10.1. The van der Waals surface area contributed by atoms with Crippen molar-refractivity contribution in [2.45, 2.75) is 20.3 Å². The van der Waals surface area contributed by atoms with Gasteiger partial charge in [-0.3, -0.25) is 4.55 Å². The van der Waals surface area contributed by atoms with E-state index in [1.165, 1.54) is 13.8 Å². The maximum absolute atomic E-state index is 11.2. The van der Waals surface area contributed by atoms with Gasteiger partial charge in [0.15, 0.2) is 0 Å². The summed E-state index contributed by atoms with van der Waals surface area (Å²) in [6.45, 7) is 3.06. The largest absolute Gasteiger partial charge is 0.286 e. The van der Waals surface area contributed by atoms with Crippen LogP contribution in [0.4, 0.5) is 0 Å². The predicted molar refractivity (Wildman–Crippen MR) is 62.3 cm³/mol. The van der Waals surface area contributed by atoms with Crippen LogP contribution in [0.3, 0.4) is 0 Å². The summed E-state index contributed by atoms with van der Waals surface area (Å²) in [6, 6.07) is 0. The van der Waals surface area contributed by atoms with E-state index in [-0.39, 0.29) is 17.9 Å². The van der Waals surface area contributed by atoms with Gasteiger partial charge >= 0.3 is 0 Å². The van der Waals surface area contributed by atoms with Crippen LogP contribution in [-0.2, 0) is 20.0 Å². The molecular weight excluding hydrogens is 252 g/mol. The molecule has 0 aliphatic heterocycles. The van der Waals surface area contributed by atoms with Crippen LogP contribution in [0.1, 0.15) is 20.3 Å². The maximum Gasteiger partial charge on any atom is 0.266 e. The highest BCUT2D eigenvalue weighted by molar-refractivity contribution is 7.91. The first-order valence-corrected chi connectivity index (χ1v) is 8.21. The van der Waals surface area contributed by atoms with Crippen molar-refractivity contribution in [1.29, 1.82) is 0 Å². The minimum atomic E-state index is -4.12. The van der Waals surface area contributed by atoms with Crippen LogP contribution < -0.4 is 0 Å². The normalized spacial score (nSPS) is 13.9. The zero-order valence-electron chi connectivity index (χ0n) is 9.30. The van der Waals surface area contributed by atoms with Gasteiger partial charge in [-0.05, 0) is 13.3 Å². The monoisotopic (exact) mass is 268 g/mol. The third-order valence-corrected chi connectivity index (χ3v) is 4.54. The second-order valence-corrected chi connectivity index (χ2v) is 7.33. The quantitative estimate of drug-likeness (QED) is 0.554. The number of hydrogen-bond acceptors (Lipinski definition) is 4. The molecular formula is C9H16O5S2. The summed E-state index contributed by atoms with van der Waals surface area (Å²) in [5.41, 5.74) is 0. The van der Waals surface area contributed by atoms with E-state index in [1.807, 2.05) is 0 Å². The van der Waals surface area contributed by atoms with Gasteiger partial charge in [0.05, 0.1) is 11.5 Å². The van der Waals surface area contributed by atoms with Crippen LogP contribution in [0.5, 0.6) is 0 Å². The molecule has 1 atom stereocenters. The van der Waals surface area contributed by atoms with Gasteiger partial charge in [0.1, 0.15) is 9.84 Å². The van der Waals surface area contributed by atoms with E-state index < -0.39 is 31.6 Å². The highest BCUT2D eigenvalue weighted by atomic mass is 32.2. The second kappa shape index (κ2) is 6.23. The molecule has 16 heavy (non-hydrogen) atoms. The molecule has 94 valence electrons. The van der Waals surface area contributed by atoms with Crippen molar-refractivity contribution >= 4 is 20.0 Å². The first kappa shape index (κ1) is 15.4. The standard InChI is InChI=1S/C9H16O5S2/c1-3-5-9(8-16(12,13)14)6-7-15(10,11)4-2/h9H,4,6-8H2,1-2H3,(H,12,13,14). The van der Waals surface area contributed by atoms with Gasteiger partial charge < -0.3 is 0 Å². The van der Waals surface area contributed by atoms with Gasteiger partial charge in [-0.25, -0.2) is 8.42 Å². The van der Waals surface area contributed by atoms with Crippen LogP contribution in [0.15, 0.2) is 0 Å². The Labute approximate surface area is 96.9 Å². The Morgan fingerprint density at radius 1 is 1.25 bits per heavy atom. The van der Waals surface area contributed by atoms with Crippen molar-refractivity contribution in [1.82, 2.24) is 0 Å². The Morgan fingerprint density at radius 2 is 1.81 bits per heavy atom. The van der Waals surface area contributed by atoms with E-state index in [9.17, 15) is 16.8 Å². The Morgan fingerprint density at radius 3 is 2.19 bits per heavy atom. The molecule has 0 fully saturated rings. The Bertz CT molecular complexity index is 464. The van der Waals surface area contributed by atoms with E-state index in [2.05, 4.69) is 11.8 Å². The molecule has 1 N–H and O–H groups in total. The molecule has 0 amide bonds. The summed E-state index contributed by atoms with van der Waals surface area (Å²) >= 11 is 0. The molecule has 0 saturated heterocycles. The zero-order chi connectivity index (χ0) is 12.8. The number of hydrogen-bond donors (Lipinski definition) is 1.